The highest BCUT2D eigenvalue weighted by atomic mass is 19.4. The molecule has 0 aromatic carbocycles. The highest BCUT2D eigenvalue weighted by molar-refractivity contribution is 5.90. The molecule has 0 spiro atoms. The number of hydrogen-bond donors (Lipinski definition) is 1. The minimum atomic E-state index is -4.46. The minimum absolute atomic E-state index is 0.266. The second-order valence-corrected chi connectivity index (χ2v) is 7.27. The maximum atomic E-state index is 13.0. The third-order valence-electron chi connectivity index (χ3n) is 4.38. The van der Waals surface area contributed by atoms with Gasteiger partial charge in [0, 0.05) is 6.54 Å². The van der Waals surface area contributed by atoms with E-state index in [-0.39, 0.29) is 13.0 Å². The van der Waals surface area contributed by atoms with Crippen LogP contribution in [0.1, 0.15) is 33.6 Å². The van der Waals surface area contributed by atoms with Crippen LogP contribution in [0.4, 0.5) is 18.0 Å². The molecule has 0 saturated carbocycles. The number of alkyl halides is 3. The van der Waals surface area contributed by atoms with E-state index in [9.17, 15) is 27.6 Å². The Labute approximate surface area is 150 Å². The van der Waals surface area contributed by atoms with Crippen molar-refractivity contribution in [3.05, 3.63) is 0 Å². The highest BCUT2D eigenvalue weighted by Gasteiger charge is 2.49. The van der Waals surface area contributed by atoms with Crippen molar-refractivity contribution in [3.8, 4) is 0 Å². The standard InChI is InChI=1S/C16H25F3N2O5/c1-15(2,3)11(20-14(24)26-5)12(22)21-7-6-9(16(17,18)19)8-10(21)13(23)25-4/h9-11H,6-8H2,1-5H3,(H,20,24)/t9-,10+,11-/m1/s1. The van der Waals surface area contributed by atoms with Gasteiger partial charge in [-0.1, -0.05) is 20.8 Å². The van der Waals surface area contributed by atoms with Gasteiger partial charge >= 0.3 is 18.2 Å². The number of rotatable bonds is 3. The van der Waals surface area contributed by atoms with E-state index in [1.165, 1.54) is 0 Å². The first kappa shape index (κ1) is 22.0. The zero-order chi connectivity index (χ0) is 20.3. The summed E-state index contributed by atoms with van der Waals surface area (Å²) in [5, 5.41) is 2.40. The van der Waals surface area contributed by atoms with Gasteiger partial charge in [-0.05, 0) is 18.3 Å². The number of esters is 1. The molecule has 0 aromatic rings. The first-order chi connectivity index (χ1) is 11.8. The molecule has 1 aliphatic rings. The highest BCUT2D eigenvalue weighted by Crippen LogP contribution is 2.37. The fourth-order valence-electron chi connectivity index (χ4n) is 2.88. The van der Waals surface area contributed by atoms with E-state index in [1.54, 1.807) is 20.8 Å². The van der Waals surface area contributed by atoms with Crippen LogP contribution in [0.2, 0.25) is 0 Å². The molecule has 0 radical (unpaired) electrons. The Balaban J connectivity index is 3.12. The van der Waals surface area contributed by atoms with Crippen molar-refractivity contribution in [2.24, 2.45) is 11.3 Å². The summed E-state index contributed by atoms with van der Waals surface area (Å²) in [7, 11) is 2.18. The van der Waals surface area contributed by atoms with E-state index in [0.717, 1.165) is 19.1 Å². The molecule has 10 heteroatoms. The Bertz CT molecular complexity index is 545. The minimum Gasteiger partial charge on any atom is -0.467 e. The molecule has 3 atom stereocenters. The normalized spacial score (nSPS) is 22.4. The Hall–Kier alpha value is -2.00. The van der Waals surface area contributed by atoms with Gasteiger partial charge in [0.05, 0.1) is 20.1 Å². The molecular formula is C16H25F3N2O5. The van der Waals surface area contributed by atoms with Crippen molar-refractivity contribution in [1.29, 1.82) is 0 Å². The predicted octanol–water partition coefficient (Wildman–Crippen LogP) is 2.10. The number of halogens is 3. The van der Waals surface area contributed by atoms with E-state index in [1.807, 2.05) is 0 Å². The van der Waals surface area contributed by atoms with Gasteiger partial charge in [0.15, 0.2) is 0 Å². The number of nitrogens with one attached hydrogen (secondary N) is 1. The lowest BCUT2D eigenvalue weighted by Crippen LogP contribution is -2.60. The van der Waals surface area contributed by atoms with Crippen molar-refractivity contribution in [1.82, 2.24) is 10.2 Å². The van der Waals surface area contributed by atoms with Crippen molar-refractivity contribution in [2.75, 3.05) is 20.8 Å². The Morgan fingerprint density at radius 2 is 1.69 bits per heavy atom. The van der Waals surface area contributed by atoms with Crippen LogP contribution in [0.25, 0.3) is 0 Å². The molecule has 1 saturated heterocycles. The zero-order valence-corrected chi connectivity index (χ0v) is 15.5. The average Bonchev–Trinajstić information content (AvgIpc) is 2.55. The lowest BCUT2D eigenvalue weighted by molar-refractivity contribution is -0.195. The van der Waals surface area contributed by atoms with Crippen LogP contribution in [0.5, 0.6) is 0 Å². The summed E-state index contributed by atoms with van der Waals surface area (Å²) in [5.41, 5.74) is -0.757. The topological polar surface area (TPSA) is 84.9 Å². The van der Waals surface area contributed by atoms with E-state index < -0.39 is 54.0 Å². The molecule has 0 unspecified atom stereocenters. The molecule has 7 nitrogen and oxygen atoms in total. The van der Waals surface area contributed by atoms with Gasteiger partial charge in [-0.25, -0.2) is 9.59 Å². The summed E-state index contributed by atoms with van der Waals surface area (Å²) in [5.74, 6) is -3.27. The maximum Gasteiger partial charge on any atom is 0.407 e. The molecule has 1 rings (SSSR count). The summed E-state index contributed by atoms with van der Waals surface area (Å²) in [4.78, 5) is 37.6. The van der Waals surface area contributed by atoms with Crippen LogP contribution in [-0.2, 0) is 19.1 Å². The van der Waals surface area contributed by atoms with Crippen molar-refractivity contribution >= 4 is 18.0 Å². The fourth-order valence-corrected chi connectivity index (χ4v) is 2.88. The molecule has 1 N–H and O–H groups in total. The lowest BCUT2D eigenvalue weighted by Gasteiger charge is -2.42. The quantitative estimate of drug-likeness (QED) is 0.756. The molecule has 1 heterocycles. The van der Waals surface area contributed by atoms with Crippen LogP contribution in [0.3, 0.4) is 0 Å². The summed E-state index contributed by atoms with van der Waals surface area (Å²) >= 11 is 0. The van der Waals surface area contributed by atoms with Crippen molar-refractivity contribution in [3.63, 3.8) is 0 Å². The molecule has 26 heavy (non-hydrogen) atoms. The third-order valence-corrected chi connectivity index (χ3v) is 4.38. The molecule has 1 fully saturated rings. The molecule has 0 aromatic heterocycles. The second kappa shape index (κ2) is 8.13. The van der Waals surface area contributed by atoms with Gasteiger partial charge in [0.1, 0.15) is 12.1 Å². The number of amides is 2. The first-order valence-electron chi connectivity index (χ1n) is 8.12. The number of piperidine rings is 1. The van der Waals surface area contributed by atoms with Gasteiger partial charge in [0.25, 0.3) is 0 Å². The smallest absolute Gasteiger partial charge is 0.407 e. The maximum absolute atomic E-state index is 13.0. The molecular weight excluding hydrogens is 357 g/mol. The summed E-state index contributed by atoms with van der Waals surface area (Å²) in [6.07, 6.45) is -6.21. The number of ether oxygens (including phenoxy) is 2. The van der Waals surface area contributed by atoms with E-state index in [2.05, 4.69) is 14.8 Å². The molecule has 1 aliphatic heterocycles. The van der Waals surface area contributed by atoms with E-state index >= 15 is 0 Å². The van der Waals surface area contributed by atoms with Gasteiger partial charge in [-0.3, -0.25) is 4.79 Å². The molecule has 2 amide bonds. The predicted molar refractivity (Wildman–Crippen MR) is 85.1 cm³/mol. The Kier molecular flexibility index (Phi) is 6.89. The Morgan fingerprint density at radius 1 is 1.12 bits per heavy atom. The van der Waals surface area contributed by atoms with Crippen LogP contribution < -0.4 is 5.32 Å². The number of alkyl carbamates (subject to hydrolysis) is 1. The van der Waals surface area contributed by atoms with E-state index in [4.69, 9.17) is 0 Å². The van der Waals surface area contributed by atoms with Crippen LogP contribution in [0, 0.1) is 11.3 Å². The monoisotopic (exact) mass is 382 g/mol. The first-order valence-corrected chi connectivity index (χ1v) is 8.12. The zero-order valence-electron chi connectivity index (χ0n) is 15.5. The average molecular weight is 382 g/mol. The van der Waals surface area contributed by atoms with Crippen molar-refractivity contribution < 1.29 is 37.0 Å². The number of carbonyl (C=O) groups is 3. The molecule has 0 bridgehead atoms. The van der Waals surface area contributed by atoms with Gasteiger partial charge in [-0.15, -0.1) is 0 Å². The number of nitrogens with zero attached hydrogens (tertiary/aromatic N) is 1. The third kappa shape index (κ3) is 5.25. The fraction of sp³-hybridized carbons (Fsp3) is 0.812. The van der Waals surface area contributed by atoms with Gasteiger partial charge < -0.3 is 19.7 Å². The number of hydrogen-bond acceptors (Lipinski definition) is 5. The number of likely N-dealkylation sites (tertiary alicyclic amines) is 1. The second-order valence-electron chi connectivity index (χ2n) is 7.27. The Morgan fingerprint density at radius 3 is 2.12 bits per heavy atom. The van der Waals surface area contributed by atoms with Gasteiger partial charge in [0.2, 0.25) is 5.91 Å². The van der Waals surface area contributed by atoms with Crippen LogP contribution >= 0.6 is 0 Å². The number of methoxy groups -OCH3 is 2. The van der Waals surface area contributed by atoms with Crippen molar-refractivity contribution in [2.45, 2.75) is 51.9 Å². The summed E-state index contributed by atoms with van der Waals surface area (Å²) in [6.45, 7) is 4.78. The summed E-state index contributed by atoms with van der Waals surface area (Å²) in [6, 6.07) is -2.44. The largest absolute Gasteiger partial charge is 0.467 e. The van der Waals surface area contributed by atoms with Gasteiger partial charge in [-0.2, -0.15) is 13.2 Å². The summed E-state index contributed by atoms with van der Waals surface area (Å²) < 4.78 is 48.2. The molecule has 0 aliphatic carbocycles. The number of carbonyl (C=O) groups excluding carboxylic acids is 3. The SMILES string of the molecule is COC(=O)N[C@H](C(=O)N1CC[C@@H](C(F)(F)F)C[C@H]1C(=O)OC)C(C)(C)C. The molecule has 150 valence electrons. The van der Waals surface area contributed by atoms with Crippen LogP contribution in [-0.4, -0.2) is 61.9 Å². The lowest BCUT2D eigenvalue weighted by atomic mass is 9.83. The van der Waals surface area contributed by atoms with E-state index in [0.29, 0.717) is 0 Å². The van der Waals surface area contributed by atoms with Crippen LogP contribution in [0.15, 0.2) is 0 Å².